The van der Waals surface area contributed by atoms with Crippen molar-refractivity contribution < 1.29 is 9.13 Å². The van der Waals surface area contributed by atoms with Gasteiger partial charge in [0.15, 0.2) is 0 Å². The lowest BCUT2D eigenvalue weighted by atomic mass is 9.85. The Bertz CT molecular complexity index is 925. The second kappa shape index (κ2) is 8.04. The molecule has 0 radical (unpaired) electrons. The molecule has 0 saturated carbocycles. The highest BCUT2D eigenvalue weighted by Gasteiger charge is 2.28. The van der Waals surface area contributed by atoms with E-state index in [-0.39, 0.29) is 18.0 Å². The largest absolute Gasteiger partial charge is 0.384 e. The topological polar surface area (TPSA) is 71.3 Å². The second-order valence-electron chi connectivity index (χ2n) is 7.10. The Balaban J connectivity index is 1.65. The molecule has 2 unspecified atom stereocenters. The SMILES string of the molecule is COC1NCC(Cc2ccccc2F)c2cc(NC3=C(N)NCC=C3)ccc21. The van der Waals surface area contributed by atoms with Gasteiger partial charge in [0.1, 0.15) is 17.9 Å². The fraction of sp³-hybridized carbons (Fsp3) is 0.273. The van der Waals surface area contributed by atoms with Crippen LogP contribution in [-0.4, -0.2) is 20.2 Å². The van der Waals surface area contributed by atoms with E-state index in [1.165, 1.54) is 6.07 Å². The fourth-order valence-electron chi connectivity index (χ4n) is 3.83. The van der Waals surface area contributed by atoms with Crippen molar-refractivity contribution in [3.8, 4) is 0 Å². The maximum atomic E-state index is 14.2. The van der Waals surface area contributed by atoms with Crippen molar-refractivity contribution in [2.24, 2.45) is 5.73 Å². The molecule has 4 rings (SSSR count). The number of methoxy groups -OCH3 is 1. The number of allylic oxidation sites excluding steroid dienone is 1. The van der Waals surface area contributed by atoms with Gasteiger partial charge in [-0.25, -0.2) is 4.39 Å². The molecule has 0 aromatic heterocycles. The van der Waals surface area contributed by atoms with Crippen molar-refractivity contribution in [3.05, 3.63) is 88.6 Å². The zero-order chi connectivity index (χ0) is 19.5. The molecule has 2 heterocycles. The summed E-state index contributed by atoms with van der Waals surface area (Å²) in [5.41, 5.74) is 10.8. The van der Waals surface area contributed by atoms with Crippen LogP contribution in [-0.2, 0) is 11.2 Å². The lowest BCUT2D eigenvalue weighted by Gasteiger charge is -2.32. The van der Waals surface area contributed by atoms with Crippen molar-refractivity contribution in [2.75, 3.05) is 25.5 Å². The van der Waals surface area contributed by atoms with E-state index in [0.717, 1.165) is 41.2 Å². The molecule has 28 heavy (non-hydrogen) atoms. The number of halogens is 1. The maximum Gasteiger partial charge on any atom is 0.134 e. The molecule has 0 fully saturated rings. The number of nitrogens with two attached hydrogens (primary N) is 1. The Hall–Kier alpha value is -2.83. The Labute approximate surface area is 164 Å². The molecule has 6 heteroatoms. The molecule has 2 aliphatic heterocycles. The van der Waals surface area contributed by atoms with E-state index in [9.17, 15) is 4.39 Å². The summed E-state index contributed by atoms with van der Waals surface area (Å²) < 4.78 is 19.8. The van der Waals surface area contributed by atoms with E-state index in [1.54, 1.807) is 13.2 Å². The van der Waals surface area contributed by atoms with Gasteiger partial charge in [0.25, 0.3) is 0 Å². The quantitative estimate of drug-likeness (QED) is 0.642. The molecule has 146 valence electrons. The zero-order valence-corrected chi connectivity index (χ0v) is 15.8. The van der Waals surface area contributed by atoms with Crippen molar-refractivity contribution in [1.29, 1.82) is 0 Å². The van der Waals surface area contributed by atoms with Gasteiger partial charge in [-0.2, -0.15) is 0 Å². The first-order valence-electron chi connectivity index (χ1n) is 9.46. The van der Waals surface area contributed by atoms with Crippen LogP contribution in [0.15, 0.2) is 66.1 Å². The van der Waals surface area contributed by atoms with E-state index in [2.05, 4.69) is 28.1 Å². The van der Waals surface area contributed by atoms with Crippen molar-refractivity contribution in [3.63, 3.8) is 0 Å². The van der Waals surface area contributed by atoms with Crippen LogP contribution in [0.25, 0.3) is 0 Å². The molecule has 2 aromatic carbocycles. The van der Waals surface area contributed by atoms with E-state index in [4.69, 9.17) is 10.5 Å². The number of hydrogen-bond donors (Lipinski definition) is 4. The number of nitrogens with one attached hydrogen (secondary N) is 3. The molecule has 0 saturated heterocycles. The summed E-state index contributed by atoms with van der Waals surface area (Å²) in [6.45, 7) is 1.45. The highest BCUT2D eigenvalue weighted by Crippen LogP contribution is 2.35. The summed E-state index contributed by atoms with van der Waals surface area (Å²) in [4.78, 5) is 0. The standard InChI is InChI=1S/C22H25FN4O/c1-28-22-17-9-8-16(27-20-7-4-10-25-21(20)24)12-18(17)15(13-26-22)11-14-5-2-3-6-19(14)23/h2-9,12,15,22,25-27H,10-11,13,24H2,1H3. The predicted molar refractivity (Wildman–Crippen MR) is 109 cm³/mol. The molecule has 0 amide bonds. The van der Waals surface area contributed by atoms with Gasteiger partial charge >= 0.3 is 0 Å². The summed E-state index contributed by atoms with van der Waals surface area (Å²) in [7, 11) is 1.69. The number of anilines is 1. The molecule has 0 aliphatic carbocycles. The van der Waals surface area contributed by atoms with Crippen LogP contribution >= 0.6 is 0 Å². The van der Waals surface area contributed by atoms with Crippen LogP contribution in [0.2, 0.25) is 0 Å². The van der Waals surface area contributed by atoms with Gasteiger partial charge in [-0.1, -0.05) is 30.3 Å². The first-order chi connectivity index (χ1) is 13.7. The number of ether oxygens (including phenoxy) is 1. The highest BCUT2D eigenvalue weighted by molar-refractivity contribution is 5.57. The third kappa shape index (κ3) is 3.74. The van der Waals surface area contributed by atoms with Gasteiger partial charge in [0.05, 0.1) is 5.70 Å². The minimum absolute atomic E-state index is 0.145. The Morgan fingerprint density at radius 2 is 2.07 bits per heavy atom. The van der Waals surface area contributed by atoms with Gasteiger partial charge in [-0.3, -0.25) is 5.32 Å². The van der Waals surface area contributed by atoms with E-state index >= 15 is 0 Å². The normalized spacial score (nSPS) is 21.2. The summed E-state index contributed by atoms with van der Waals surface area (Å²) in [6, 6.07) is 13.2. The monoisotopic (exact) mass is 380 g/mol. The lowest BCUT2D eigenvalue weighted by molar-refractivity contribution is 0.0648. The highest BCUT2D eigenvalue weighted by atomic mass is 19.1. The molecule has 0 bridgehead atoms. The minimum Gasteiger partial charge on any atom is -0.384 e. The lowest BCUT2D eigenvalue weighted by Crippen LogP contribution is -2.35. The second-order valence-corrected chi connectivity index (χ2v) is 7.10. The van der Waals surface area contributed by atoms with E-state index in [1.807, 2.05) is 30.4 Å². The minimum atomic E-state index is -0.165. The third-order valence-corrected chi connectivity index (χ3v) is 5.28. The molecule has 5 N–H and O–H groups in total. The summed E-state index contributed by atoms with van der Waals surface area (Å²) in [5, 5.41) is 9.90. The number of fused-ring (bicyclic) bond motifs is 1. The van der Waals surface area contributed by atoms with Gasteiger partial charge in [-0.15, -0.1) is 0 Å². The molecule has 2 atom stereocenters. The maximum absolute atomic E-state index is 14.2. The Kier molecular flexibility index (Phi) is 5.32. The van der Waals surface area contributed by atoms with Gasteiger partial charge < -0.3 is 21.1 Å². The summed E-state index contributed by atoms with van der Waals surface area (Å²) in [6.07, 6.45) is 4.45. The van der Waals surface area contributed by atoms with Crippen LogP contribution in [0.1, 0.15) is 28.8 Å². The smallest absolute Gasteiger partial charge is 0.134 e. The molecule has 2 aliphatic rings. The zero-order valence-electron chi connectivity index (χ0n) is 15.8. The van der Waals surface area contributed by atoms with Crippen LogP contribution < -0.4 is 21.7 Å². The molecule has 5 nitrogen and oxygen atoms in total. The molecular weight excluding hydrogens is 355 g/mol. The van der Waals surface area contributed by atoms with Gasteiger partial charge in [0, 0.05) is 31.8 Å². The number of rotatable bonds is 5. The average molecular weight is 380 g/mol. The Morgan fingerprint density at radius 1 is 1.21 bits per heavy atom. The van der Waals surface area contributed by atoms with Crippen molar-refractivity contribution >= 4 is 5.69 Å². The number of dihydropyridines is 1. The summed E-state index contributed by atoms with van der Waals surface area (Å²) >= 11 is 0. The van der Waals surface area contributed by atoms with Gasteiger partial charge in [0.2, 0.25) is 0 Å². The fourth-order valence-corrected chi connectivity index (χ4v) is 3.83. The van der Waals surface area contributed by atoms with Crippen LogP contribution in [0.5, 0.6) is 0 Å². The molecule has 0 spiro atoms. The third-order valence-electron chi connectivity index (χ3n) is 5.28. The van der Waals surface area contributed by atoms with Crippen molar-refractivity contribution in [2.45, 2.75) is 18.6 Å². The van der Waals surface area contributed by atoms with Crippen LogP contribution in [0.3, 0.4) is 0 Å². The van der Waals surface area contributed by atoms with Crippen molar-refractivity contribution in [1.82, 2.24) is 10.6 Å². The molecular formula is C22H25FN4O. The van der Waals surface area contributed by atoms with E-state index in [0.29, 0.717) is 12.2 Å². The first kappa shape index (κ1) is 18.5. The van der Waals surface area contributed by atoms with Gasteiger partial charge in [-0.05, 0) is 47.4 Å². The average Bonchev–Trinajstić information content (AvgIpc) is 2.71. The van der Waals surface area contributed by atoms with Crippen LogP contribution in [0.4, 0.5) is 10.1 Å². The first-order valence-corrected chi connectivity index (χ1v) is 9.46. The predicted octanol–water partition coefficient (Wildman–Crippen LogP) is 3.10. The number of benzene rings is 2. The summed E-state index contributed by atoms with van der Waals surface area (Å²) in [5.74, 6) is 0.606. The Morgan fingerprint density at radius 3 is 2.86 bits per heavy atom. The van der Waals surface area contributed by atoms with E-state index < -0.39 is 0 Å². The number of hydrogen-bond acceptors (Lipinski definition) is 5. The molecule has 2 aromatic rings. The van der Waals surface area contributed by atoms with Crippen LogP contribution in [0, 0.1) is 5.82 Å².